The molecule has 1 atom stereocenters. The number of aryl methyl sites for hydroxylation is 1. The minimum atomic E-state index is -1.74. The Morgan fingerprint density at radius 2 is 1.77 bits per heavy atom. The lowest BCUT2D eigenvalue weighted by Gasteiger charge is -2.36. The number of hydrogen-bond donors (Lipinski definition) is 0. The molecule has 146 valence electrons. The first kappa shape index (κ1) is 22.7. The van der Waals surface area contributed by atoms with Crippen LogP contribution in [-0.2, 0) is 15.6 Å². The Balaban J connectivity index is 2.28. The number of methoxy groups -OCH3 is 1. The first-order valence-electron chi connectivity index (χ1n) is 9.35. The second-order valence-electron chi connectivity index (χ2n) is 8.04. The average Bonchev–Trinajstić information content (AvgIpc) is 2.60. The van der Waals surface area contributed by atoms with Crippen molar-refractivity contribution >= 4 is 8.32 Å². The van der Waals surface area contributed by atoms with Gasteiger partial charge in [-0.05, 0) is 48.7 Å². The van der Waals surface area contributed by atoms with Gasteiger partial charge < -0.3 is 13.9 Å². The van der Waals surface area contributed by atoms with Crippen molar-refractivity contribution in [3.8, 4) is 5.75 Å². The van der Waals surface area contributed by atoms with Gasteiger partial charge in [-0.1, -0.05) is 51.1 Å². The van der Waals surface area contributed by atoms with Crippen LogP contribution in [0.4, 0.5) is 0 Å². The summed E-state index contributed by atoms with van der Waals surface area (Å²) in [7, 11) is -0.0572. The van der Waals surface area contributed by atoms with E-state index in [2.05, 4.69) is 64.7 Å². The Kier molecular flexibility index (Phi) is 9.34. The molecule has 0 spiro atoms. The van der Waals surface area contributed by atoms with E-state index < -0.39 is 8.32 Å². The molecule has 1 rings (SSSR count). The maximum atomic E-state index is 6.21. The van der Waals surface area contributed by atoms with Crippen molar-refractivity contribution in [2.45, 2.75) is 57.8 Å². The third-order valence-electron chi connectivity index (χ3n) is 5.01. The van der Waals surface area contributed by atoms with Crippen molar-refractivity contribution in [1.29, 1.82) is 0 Å². The summed E-state index contributed by atoms with van der Waals surface area (Å²) in [5, 5.41) is 0.208. The maximum Gasteiger partial charge on any atom is 0.192 e. The van der Waals surface area contributed by atoms with Crippen LogP contribution in [0, 0.1) is 0 Å². The van der Waals surface area contributed by atoms with E-state index in [1.807, 2.05) is 18.2 Å². The van der Waals surface area contributed by atoms with Crippen molar-refractivity contribution in [1.82, 2.24) is 0 Å². The molecule has 0 bridgehead atoms. The van der Waals surface area contributed by atoms with Gasteiger partial charge in [-0.15, -0.1) is 6.58 Å². The standard InChI is InChI=1S/C22H36O3Si/c1-8-20(18-25-26(6,7)22(2,3)4)24-17-11-9-10-12-19-13-15-21(23-5)16-14-19/h8-9,11,13-16,20H,1,10,12,17-18H2,2-7H3/b11-9+/t20-/m1/s1. The largest absolute Gasteiger partial charge is 0.497 e. The molecule has 1 aromatic rings. The second kappa shape index (κ2) is 10.7. The molecular weight excluding hydrogens is 340 g/mol. The molecule has 0 fully saturated rings. The van der Waals surface area contributed by atoms with E-state index in [-0.39, 0.29) is 11.1 Å². The lowest BCUT2D eigenvalue weighted by molar-refractivity contribution is 0.0637. The number of rotatable bonds is 11. The Morgan fingerprint density at radius 3 is 2.31 bits per heavy atom. The molecule has 0 saturated heterocycles. The van der Waals surface area contributed by atoms with Gasteiger partial charge in [0.2, 0.25) is 0 Å². The molecule has 0 heterocycles. The van der Waals surface area contributed by atoms with Crippen molar-refractivity contribution in [3.63, 3.8) is 0 Å². The molecule has 0 N–H and O–H groups in total. The molecule has 0 aliphatic carbocycles. The summed E-state index contributed by atoms with van der Waals surface area (Å²) in [5.74, 6) is 0.896. The van der Waals surface area contributed by atoms with Crippen LogP contribution >= 0.6 is 0 Å². The van der Waals surface area contributed by atoms with E-state index in [1.54, 1.807) is 7.11 Å². The Hall–Kier alpha value is -1.36. The van der Waals surface area contributed by atoms with Crippen LogP contribution in [0.2, 0.25) is 18.1 Å². The summed E-state index contributed by atoms with van der Waals surface area (Å²) >= 11 is 0. The highest BCUT2D eigenvalue weighted by atomic mass is 28.4. The lowest BCUT2D eigenvalue weighted by Crippen LogP contribution is -2.42. The van der Waals surface area contributed by atoms with Gasteiger partial charge in [0.1, 0.15) is 5.75 Å². The predicted octanol–water partition coefficient (Wildman–Crippen LogP) is 5.78. The Morgan fingerprint density at radius 1 is 1.12 bits per heavy atom. The predicted molar refractivity (Wildman–Crippen MR) is 114 cm³/mol. The molecule has 1 aromatic carbocycles. The first-order chi connectivity index (χ1) is 12.2. The monoisotopic (exact) mass is 376 g/mol. The zero-order chi connectivity index (χ0) is 19.6. The first-order valence-corrected chi connectivity index (χ1v) is 12.3. The van der Waals surface area contributed by atoms with E-state index in [1.165, 1.54) is 5.56 Å². The van der Waals surface area contributed by atoms with Gasteiger partial charge in [-0.2, -0.15) is 0 Å². The SMILES string of the molecule is C=C[C@H](CO[Si](C)(C)C(C)(C)C)OC/C=C/CCc1ccc(OC)cc1. The van der Waals surface area contributed by atoms with E-state index in [4.69, 9.17) is 13.9 Å². The van der Waals surface area contributed by atoms with Gasteiger partial charge in [-0.25, -0.2) is 0 Å². The lowest BCUT2D eigenvalue weighted by atomic mass is 10.1. The summed E-state index contributed by atoms with van der Waals surface area (Å²) in [4.78, 5) is 0. The summed E-state index contributed by atoms with van der Waals surface area (Å²) in [6.45, 7) is 16.3. The van der Waals surface area contributed by atoms with Gasteiger partial charge in [0.15, 0.2) is 8.32 Å². The van der Waals surface area contributed by atoms with Crippen LogP contribution in [0.3, 0.4) is 0 Å². The van der Waals surface area contributed by atoms with Crippen molar-refractivity contribution in [3.05, 3.63) is 54.6 Å². The molecular formula is C22H36O3Si. The number of allylic oxidation sites excluding steroid dienone is 1. The van der Waals surface area contributed by atoms with Crippen LogP contribution in [0.25, 0.3) is 0 Å². The maximum absolute atomic E-state index is 6.21. The molecule has 3 nitrogen and oxygen atoms in total. The molecule has 0 radical (unpaired) electrons. The minimum absolute atomic E-state index is 0.0598. The van der Waals surface area contributed by atoms with Gasteiger partial charge in [0.05, 0.1) is 26.4 Å². The van der Waals surface area contributed by atoms with Crippen molar-refractivity contribution in [2.24, 2.45) is 0 Å². The average molecular weight is 377 g/mol. The zero-order valence-corrected chi connectivity index (χ0v) is 18.4. The summed E-state index contributed by atoms with van der Waals surface area (Å²) < 4.78 is 17.2. The highest BCUT2D eigenvalue weighted by Crippen LogP contribution is 2.36. The number of benzene rings is 1. The fourth-order valence-corrected chi connectivity index (χ4v) is 3.11. The van der Waals surface area contributed by atoms with E-state index in [0.29, 0.717) is 13.2 Å². The van der Waals surface area contributed by atoms with Gasteiger partial charge in [0, 0.05) is 0 Å². The normalized spacial score (nSPS) is 13.8. The summed E-state index contributed by atoms with van der Waals surface area (Å²) in [6.07, 6.45) is 8.02. The van der Waals surface area contributed by atoms with Gasteiger partial charge in [0.25, 0.3) is 0 Å². The van der Waals surface area contributed by atoms with E-state index in [0.717, 1.165) is 18.6 Å². The third kappa shape index (κ3) is 7.90. The Labute approximate surface area is 161 Å². The second-order valence-corrected chi connectivity index (χ2v) is 12.8. The number of hydrogen-bond acceptors (Lipinski definition) is 3. The fraction of sp³-hybridized carbons (Fsp3) is 0.545. The summed E-state index contributed by atoms with van der Waals surface area (Å²) in [5.41, 5.74) is 1.31. The van der Waals surface area contributed by atoms with Crippen LogP contribution in [0.1, 0.15) is 32.8 Å². The molecule has 0 saturated carbocycles. The number of ether oxygens (including phenoxy) is 2. The summed E-state index contributed by atoms with van der Waals surface area (Å²) in [6, 6.07) is 8.21. The minimum Gasteiger partial charge on any atom is -0.497 e. The van der Waals surface area contributed by atoms with Gasteiger partial charge >= 0.3 is 0 Å². The van der Waals surface area contributed by atoms with E-state index in [9.17, 15) is 0 Å². The molecule has 0 aliphatic rings. The fourth-order valence-electron chi connectivity index (χ4n) is 2.10. The molecule has 0 unspecified atom stereocenters. The van der Waals surface area contributed by atoms with Crippen LogP contribution in [0.5, 0.6) is 5.75 Å². The van der Waals surface area contributed by atoms with Gasteiger partial charge in [-0.3, -0.25) is 0 Å². The van der Waals surface area contributed by atoms with Crippen molar-refractivity contribution < 1.29 is 13.9 Å². The van der Waals surface area contributed by atoms with Crippen LogP contribution < -0.4 is 4.74 Å². The molecule has 0 aliphatic heterocycles. The zero-order valence-electron chi connectivity index (χ0n) is 17.4. The highest BCUT2D eigenvalue weighted by molar-refractivity contribution is 6.74. The highest BCUT2D eigenvalue weighted by Gasteiger charge is 2.37. The topological polar surface area (TPSA) is 27.7 Å². The third-order valence-corrected chi connectivity index (χ3v) is 9.51. The quantitative estimate of drug-likeness (QED) is 0.362. The van der Waals surface area contributed by atoms with E-state index >= 15 is 0 Å². The van der Waals surface area contributed by atoms with Crippen LogP contribution in [0.15, 0.2) is 49.1 Å². The molecule has 26 heavy (non-hydrogen) atoms. The molecule has 4 heteroatoms. The smallest absolute Gasteiger partial charge is 0.192 e. The molecule has 0 aromatic heterocycles. The molecule has 0 amide bonds. The Bertz CT molecular complexity index is 556. The van der Waals surface area contributed by atoms with Crippen molar-refractivity contribution in [2.75, 3.05) is 20.3 Å². The van der Waals surface area contributed by atoms with Crippen LogP contribution in [-0.4, -0.2) is 34.7 Å².